The zero-order valence-corrected chi connectivity index (χ0v) is 10.8. The van der Waals surface area contributed by atoms with E-state index in [-0.39, 0.29) is 5.17 Å². The molecular formula is C13H12ClN3O2. The van der Waals surface area contributed by atoms with E-state index >= 15 is 0 Å². The van der Waals surface area contributed by atoms with Crippen molar-refractivity contribution in [2.45, 2.75) is 13.0 Å². The molecule has 2 heterocycles. The number of hydrogen-bond donors (Lipinski definition) is 1. The summed E-state index contributed by atoms with van der Waals surface area (Å²) in [4.78, 5) is 8.28. The third-order valence-electron chi connectivity index (χ3n) is 2.35. The molecule has 0 fully saturated rings. The Morgan fingerprint density at radius 2 is 2.16 bits per heavy atom. The van der Waals surface area contributed by atoms with Crippen LogP contribution >= 0.6 is 11.6 Å². The first-order valence-corrected chi connectivity index (χ1v) is 6.00. The van der Waals surface area contributed by atoms with Gasteiger partial charge >= 0.3 is 0 Å². The molecule has 0 atom stereocenters. The van der Waals surface area contributed by atoms with Crippen LogP contribution < -0.4 is 4.74 Å². The lowest BCUT2D eigenvalue weighted by molar-refractivity contribution is 0.289. The zero-order chi connectivity index (χ0) is 13.5. The van der Waals surface area contributed by atoms with Gasteiger partial charge in [0.15, 0.2) is 0 Å². The lowest BCUT2D eigenvalue weighted by atomic mass is 10.2. The van der Waals surface area contributed by atoms with E-state index in [0.29, 0.717) is 18.9 Å². The Labute approximate surface area is 115 Å². The van der Waals surface area contributed by atoms with E-state index in [2.05, 4.69) is 15.1 Å². The number of halogens is 1. The van der Waals surface area contributed by atoms with Crippen LogP contribution in [0.25, 0.3) is 0 Å². The minimum absolute atomic E-state index is 0.124. The van der Waals surface area contributed by atoms with Gasteiger partial charge in [0.1, 0.15) is 11.8 Å². The van der Waals surface area contributed by atoms with Gasteiger partial charge in [-0.3, -0.25) is 4.98 Å². The molecule has 2 rings (SSSR count). The molecule has 19 heavy (non-hydrogen) atoms. The van der Waals surface area contributed by atoms with Crippen LogP contribution in [0.1, 0.15) is 11.3 Å². The van der Waals surface area contributed by atoms with E-state index < -0.39 is 0 Å². The van der Waals surface area contributed by atoms with E-state index in [1.54, 1.807) is 18.5 Å². The summed E-state index contributed by atoms with van der Waals surface area (Å²) in [5.74, 6) is 0.559. The van der Waals surface area contributed by atoms with E-state index in [4.69, 9.17) is 21.5 Å². The van der Waals surface area contributed by atoms with E-state index in [0.717, 1.165) is 11.3 Å². The Morgan fingerprint density at radius 3 is 2.79 bits per heavy atom. The molecule has 2 aromatic rings. The third kappa shape index (κ3) is 4.22. The first-order chi connectivity index (χ1) is 9.28. The summed E-state index contributed by atoms with van der Waals surface area (Å²) in [6.07, 6.45) is 3.69. The van der Waals surface area contributed by atoms with Crippen LogP contribution in [0.3, 0.4) is 0 Å². The van der Waals surface area contributed by atoms with Crippen molar-refractivity contribution < 1.29 is 9.94 Å². The summed E-state index contributed by atoms with van der Waals surface area (Å²) in [6, 6.07) is 9.16. The molecule has 0 aliphatic carbocycles. The van der Waals surface area contributed by atoms with Gasteiger partial charge in [0.25, 0.3) is 0 Å². The van der Waals surface area contributed by atoms with E-state index in [1.165, 1.54) is 0 Å². The summed E-state index contributed by atoms with van der Waals surface area (Å²) >= 11 is 5.62. The highest BCUT2D eigenvalue weighted by atomic mass is 35.5. The van der Waals surface area contributed by atoms with Gasteiger partial charge in [0, 0.05) is 24.9 Å². The summed E-state index contributed by atoms with van der Waals surface area (Å²) in [7, 11) is 0. The lowest BCUT2D eigenvalue weighted by Gasteiger charge is -2.05. The molecule has 0 saturated heterocycles. The second-order valence-electron chi connectivity index (χ2n) is 3.77. The maximum absolute atomic E-state index is 8.47. The van der Waals surface area contributed by atoms with Crippen molar-refractivity contribution in [3.05, 3.63) is 54.0 Å². The van der Waals surface area contributed by atoms with Crippen molar-refractivity contribution in [1.82, 2.24) is 9.97 Å². The van der Waals surface area contributed by atoms with Gasteiger partial charge in [-0.25, -0.2) is 4.98 Å². The van der Waals surface area contributed by atoms with Crippen molar-refractivity contribution >= 4 is 16.8 Å². The third-order valence-corrected chi connectivity index (χ3v) is 2.56. The highest BCUT2D eigenvalue weighted by Gasteiger charge is 2.01. The van der Waals surface area contributed by atoms with E-state index in [9.17, 15) is 0 Å². The van der Waals surface area contributed by atoms with Crippen molar-refractivity contribution in [3.63, 3.8) is 0 Å². The van der Waals surface area contributed by atoms with Crippen molar-refractivity contribution in [3.8, 4) is 5.88 Å². The average Bonchev–Trinajstić information content (AvgIpc) is 2.47. The minimum Gasteiger partial charge on any atom is -0.471 e. The van der Waals surface area contributed by atoms with Crippen molar-refractivity contribution in [2.24, 2.45) is 5.16 Å². The number of oxime groups is 1. The molecule has 0 aliphatic heterocycles. The number of hydrogen-bond acceptors (Lipinski definition) is 5. The monoisotopic (exact) mass is 277 g/mol. The molecule has 0 aromatic carbocycles. The second-order valence-corrected chi connectivity index (χ2v) is 4.20. The van der Waals surface area contributed by atoms with Crippen LogP contribution in [0.15, 0.2) is 47.9 Å². The molecule has 6 heteroatoms. The molecule has 5 nitrogen and oxygen atoms in total. The molecule has 0 spiro atoms. The lowest BCUT2D eigenvalue weighted by Crippen LogP contribution is -2.01. The molecule has 0 radical (unpaired) electrons. The fraction of sp³-hybridized carbons (Fsp3) is 0.154. The molecule has 1 N–H and O–H groups in total. The Kier molecular flexibility index (Phi) is 4.69. The van der Waals surface area contributed by atoms with Gasteiger partial charge in [-0.15, -0.1) is 0 Å². The summed E-state index contributed by atoms with van der Waals surface area (Å²) in [5, 5.41) is 11.5. The molecule has 0 saturated carbocycles. The first kappa shape index (κ1) is 13.3. The first-order valence-electron chi connectivity index (χ1n) is 5.62. The van der Waals surface area contributed by atoms with Crippen LogP contribution in [-0.4, -0.2) is 20.3 Å². The predicted molar refractivity (Wildman–Crippen MR) is 71.6 cm³/mol. The average molecular weight is 278 g/mol. The summed E-state index contributed by atoms with van der Waals surface area (Å²) < 4.78 is 5.47. The van der Waals surface area contributed by atoms with Crippen LogP contribution in [0.2, 0.25) is 0 Å². The Balaban J connectivity index is 1.92. The molecule has 0 aliphatic rings. The summed E-state index contributed by atoms with van der Waals surface area (Å²) in [5.41, 5.74) is 1.65. The fourth-order valence-electron chi connectivity index (χ4n) is 1.43. The number of ether oxygens (including phenoxy) is 1. The Bertz CT molecular complexity index is 544. The smallest absolute Gasteiger partial charge is 0.213 e. The maximum Gasteiger partial charge on any atom is 0.213 e. The zero-order valence-electron chi connectivity index (χ0n) is 10.0. The Morgan fingerprint density at radius 1 is 1.26 bits per heavy atom. The van der Waals surface area contributed by atoms with Crippen molar-refractivity contribution in [2.75, 3.05) is 0 Å². The van der Waals surface area contributed by atoms with Gasteiger partial charge in [0.2, 0.25) is 5.88 Å². The molecule has 98 valence electrons. The topological polar surface area (TPSA) is 67.6 Å². The number of nitrogens with zero attached hydrogens (tertiary/aromatic N) is 3. The van der Waals surface area contributed by atoms with Gasteiger partial charge in [0.05, 0.1) is 5.69 Å². The molecule has 0 unspecified atom stereocenters. The van der Waals surface area contributed by atoms with Crippen molar-refractivity contribution in [1.29, 1.82) is 0 Å². The maximum atomic E-state index is 8.47. The Hall–Kier alpha value is -2.14. The fourth-order valence-corrected chi connectivity index (χ4v) is 1.58. The summed E-state index contributed by atoms with van der Waals surface area (Å²) in [6.45, 7) is 0.346. The van der Waals surface area contributed by atoms with Crippen LogP contribution in [-0.2, 0) is 13.0 Å². The largest absolute Gasteiger partial charge is 0.471 e. The highest BCUT2D eigenvalue weighted by molar-refractivity contribution is 6.65. The standard InChI is InChI=1S/C13H12ClN3O2/c14-12(17-18)7-10-4-5-11(16-8-10)9-19-13-3-1-2-6-15-13/h1-6,8,18H,7,9H2/b17-12-. The molecule has 0 bridgehead atoms. The quantitative estimate of drug-likeness (QED) is 0.518. The molecule has 0 amide bonds. The highest BCUT2D eigenvalue weighted by Crippen LogP contribution is 2.08. The van der Waals surface area contributed by atoms with Gasteiger partial charge in [-0.05, 0) is 17.7 Å². The number of pyridine rings is 2. The van der Waals surface area contributed by atoms with E-state index in [1.807, 2.05) is 24.3 Å². The normalized spacial score (nSPS) is 11.3. The van der Waals surface area contributed by atoms with Crippen LogP contribution in [0, 0.1) is 0 Å². The van der Waals surface area contributed by atoms with Gasteiger partial charge in [-0.1, -0.05) is 28.9 Å². The minimum atomic E-state index is 0.124. The predicted octanol–water partition coefficient (Wildman–Crippen LogP) is 2.62. The van der Waals surface area contributed by atoms with Crippen LogP contribution in [0.5, 0.6) is 5.88 Å². The molecule has 2 aromatic heterocycles. The van der Waals surface area contributed by atoms with Crippen LogP contribution in [0.4, 0.5) is 0 Å². The molecular weight excluding hydrogens is 266 g/mol. The van der Waals surface area contributed by atoms with Gasteiger partial charge < -0.3 is 9.94 Å². The number of rotatable bonds is 5. The SMILES string of the molecule is O/N=C(\Cl)Cc1ccc(COc2ccccn2)nc1. The second kappa shape index (κ2) is 6.70. The number of aromatic nitrogens is 2. The van der Waals surface area contributed by atoms with Gasteiger partial charge in [-0.2, -0.15) is 0 Å².